The summed E-state index contributed by atoms with van der Waals surface area (Å²) >= 11 is 0.974. The molecule has 0 radical (unpaired) electrons. The van der Waals surface area contributed by atoms with Crippen LogP contribution in [0.4, 0.5) is 0 Å². The van der Waals surface area contributed by atoms with Crippen LogP contribution in [0.25, 0.3) is 0 Å². The molecular formula is C8H9N3O4S3. The molecule has 10 heteroatoms. The Bertz CT molecular complexity index is 737. The molecule has 1 aromatic rings. The van der Waals surface area contributed by atoms with Crippen molar-refractivity contribution >= 4 is 37.0 Å². The van der Waals surface area contributed by atoms with Crippen molar-refractivity contribution in [3.8, 4) is 0 Å². The molecule has 7 nitrogen and oxygen atoms in total. The number of nitrogens with one attached hydrogen (secondary N) is 1. The van der Waals surface area contributed by atoms with Gasteiger partial charge in [-0.1, -0.05) is 11.8 Å². The number of benzene rings is 1. The fraction of sp³-hybridized carbons (Fsp3) is 0.125. The van der Waals surface area contributed by atoms with E-state index < -0.39 is 20.0 Å². The van der Waals surface area contributed by atoms with Gasteiger partial charge in [-0.3, -0.25) is 0 Å². The highest BCUT2D eigenvalue weighted by Crippen LogP contribution is 2.34. The first-order valence-electron chi connectivity index (χ1n) is 4.62. The van der Waals surface area contributed by atoms with E-state index in [2.05, 4.69) is 9.12 Å². The summed E-state index contributed by atoms with van der Waals surface area (Å²) in [6.45, 7) is 0. The lowest BCUT2D eigenvalue weighted by molar-refractivity contribution is 0.587. The molecule has 1 aromatic carbocycles. The van der Waals surface area contributed by atoms with Crippen LogP contribution in [0.1, 0.15) is 0 Å². The van der Waals surface area contributed by atoms with E-state index in [1.165, 1.54) is 19.2 Å². The third-order valence-corrected chi connectivity index (χ3v) is 6.06. The molecule has 0 aromatic heterocycles. The second-order valence-corrected chi connectivity index (χ2v) is 7.84. The minimum absolute atomic E-state index is 0.0910. The van der Waals surface area contributed by atoms with Gasteiger partial charge in [0.25, 0.3) is 10.0 Å². The van der Waals surface area contributed by atoms with Crippen molar-refractivity contribution in [2.24, 2.45) is 10.1 Å². The summed E-state index contributed by atoms with van der Waals surface area (Å²) in [5, 5.41) is -0.0910. The van der Waals surface area contributed by atoms with Crippen molar-refractivity contribution in [3.63, 3.8) is 0 Å². The normalized spacial score (nSPS) is 17.9. The first-order chi connectivity index (χ1) is 8.26. The summed E-state index contributed by atoms with van der Waals surface area (Å²) in [6.07, 6.45) is 0. The Morgan fingerprint density at radius 3 is 2.67 bits per heavy atom. The van der Waals surface area contributed by atoms with Crippen molar-refractivity contribution in [3.05, 3.63) is 18.2 Å². The lowest BCUT2D eigenvalue weighted by atomic mass is 10.4. The standard InChI is InChI=1S/C8H9N3O4S3/c1-10-17(12,13)5-2-3-6-7(4-5)18(14,15)11-8(9)16-6/h2-4,10H,1H3,(H2,9,11). The molecule has 18 heavy (non-hydrogen) atoms. The van der Waals surface area contributed by atoms with Crippen LogP contribution in [0.3, 0.4) is 0 Å². The lowest BCUT2D eigenvalue weighted by Gasteiger charge is -2.13. The predicted octanol–water partition coefficient (Wildman–Crippen LogP) is -0.296. The van der Waals surface area contributed by atoms with Gasteiger partial charge in [-0.15, -0.1) is 4.40 Å². The van der Waals surface area contributed by atoms with Gasteiger partial charge in [0.1, 0.15) is 4.90 Å². The van der Waals surface area contributed by atoms with E-state index >= 15 is 0 Å². The maximum atomic E-state index is 11.8. The first kappa shape index (κ1) is 13.3. The van der Waals surface area contributed by atoms with Gasteiger partial charge in [0.2, 0.25) is 10.0 Å². The second kappa shape index (κ2) is 4.23. The monoisotopic (exact) mass is 307 g/mol. The Morgan fingerprint density at radius 2 is 2.06 bits per heavy atom. The summed E-state index contributed by atoms with van der Waals surface area (Å²) in [5.74, 6) is 0. The van der Waals surface area contributed by atoms with Crippen LogP contribution in [0, 0.1) is 0 Å². The van der Waals surface area contributed by atoms with Crippen molar-refractivity contribution in [1.82, 2.24) is 4.72 Å². The van der Waals surface area contributed by atoms with Crippen LogP contribution in [0.2, 0.25) is 0 Å². The van der Waals surface area contributed by atoms with Gasteiger partial charge in [-0.25, -0.2) is 13.1 Å². The molecule has 0 saturated heterocycles. The lowest BCUT2D eigenvalue weighted by Crippen LogP contribution is -2.20. The highest BCUT2D eigenvalue weighted by Gasteiger charge is 2.27. The number of nitrogens with zero attached hydrogens (tertiary/aromatic N) is 1. The highest BCUT2D eigenvalue weighted by molar-refractivity contribution is 8.15. The number of fused-ring (bicyclic) bond motifs is 1. The highest BCUT2D eigenvalue weighted by atomic mass is 32.2. The maximum Gasteiger partial charge on any atom is 0.285 e. The van der Waals surface area contributed by atoms with E-state index in [0.717, 1.165) is 17.8 Å². The molecule has 2 rings (SSSR count). The molecule has 0 fully saturated rings. The number of hydrogen-bond acceptors (Lipinski definition) is 6. The average molecular weight is 307 g/mol. The van der Waals surface area contributed by atoms with Gasteiger partial charge in [-0.2, -0.15) is 8.42 Å². The zero-order valence-corrected chi connectivity index (χ0v) is 11.6. The van der Waals surface area contributed by atoms with E-state index in [1.54, 1.807) is 0 Å². The fourth-order valence-corrected chi connectivity index (χ4v) is 4.53. The molecule has 0 bridgehead atoms. The molecule has 1 aliphatic heterocycles. The molecule has 0 spiro atoms. The fourth-order valence-electron chi connectivity index (χ4n) is 1.36. The van der Waals surface area contributed by atoms with E-state index in [-0.39, 0.29) is 15.0 Å². The zero-order chi connectivity index (χ0) is 13.6. The van der Waals surface area contributed by atoms with Crippen molar-refractivity contribution in [2.45, 2.75) is 14.7 Å². The average Bonchev–Trinajstić information content (AvgIpc) is 2.27. The van der Waals surface area contributed by atoms with Crippen molar-refractivity contribution < 1.29 is 16.8 Å². The first-order valence-corrected chi connectivity index (χ1v) is 8.36. The van der Waals surface area contributed by atoms with E-state index in [4.69, 9.17) is 5.73 Å². The van der Waals surface area contributed by atoms with Gasteiger partial charge < -0.3 is 5.73 Å². The van der Waals surface area contributed by atoms with Gasteiger partial charge >= 0.3 is 0 Å². The van der Waals surface area contributed by atoms with Crippen LogP contribution in [0.15, 0.2) is 37.3 Å². The van der Waals surface area contributed by atoms with Gasteiger partial charge in [0, 0.05) is 4.90 Å². The topological polar surface area (TPSA) is 119 Å². The Morgan fingerprint density at radius 1 is 1.39 bits per heavy atom. The van der Waals surface area contributed by atoms with Crippen LogP contribution in [0.5, 0.6) is 0 Å². The largest absolute Gasteiger partial charge is 0.377 e. The Hall–Kier alpha value is -1.10. The summed E-state index contributed by atoms with van der Waals surface area (Å²) in [6, 6.07) is 3.77. The molecule has 1 aliphatic rings. The molecule has 1 heterocycles. The van der Waals surface area contributed by atoms with Gasteiger partial charge in [-0.05, 0) is 25.2 Å². The van der Waals surface area contributed by atoms with Crippen LogP contribution < -0.4 is 10.5 Å². The molecule has 0 unspecified atom stereocenters. The molecule has 0 aliphatic carbocycles. The molecule has 0 saturated carbocycles. The van der Waals surface area contributed by atoms with Crippen molar-refractivity contribution in [1.29, 1.82) is 0 Å². The molecular weight excluding hydrogens is 298 g/mol. The summed E-state index contributed by atoms with van der Waals surface area (Å²) in [7, 11) is -6.39. The van der Waals surface area contributed by atoms with E-state index in [0.29, 0.717) is 4.90 Å². The molecule has 3 N–H and O–H groups in total. The number of amidine groups is 1. The van der Waals surface area contributed by atoms with Gasteiger partial charge in [0.05, 0.1) is 4.90 Å². The molecule has 0 atom stereocenters. The number of hydrogen-bond donors (Lipinski definition) is 2. The third-order valence-electron chi connectivity index (χ3n) is 2.20. The van der Waals surface area contributed by atoms with E-state index in [1.807, 2.05) is 0 Å². The van der Waals surface area contributed by atoms with Crippen LogP contribution in [-0.2, 0) is 20.0 Å². The molecule has 98 valence electrons. The number of sulfonamides is 2. The Balaban J connectivity index is 2.68. The quantitative estimate of drug-likeness (QED) is 0.774. The predicted molar refractivity (Wildman–Crippen MR) is 67.4 cm³/mol. The smallest absolute Gasteiger partial charge is 0.285 e. The SMILES string of the molecule is CNS(=O)(=O)c1ccc2c(c1)S(=O)(=O)N=C(N)S2. The Kier molecular flexibility index (Phi) is 3.13. The maximum absolute atomic E-state index is 11.8. The summed E-state index contributed by atoms with van der Waals surface area (Å²) in [5.41, 5.74) is 5.38. The number of nitrogens with two attached hydrogens (primary N) is 1. The minimum Gasteiger partial charge on any atom is -0.377 e. The van der Waals surface area contributed by atoms with Gasteiger partial charge in [0.15, 0.2) is 5.17 Å². The summed E-state index contributed by atoms with van der Waals surface area (Å²) < 4.78 is 52.1. The third kappa shape index (κ3) is 2.23. The number of rotatable bonds is 2. The number of thioether (sulfide) groups is 1. The second-order valence-electron chi connectivity index (χ2n) is 3.32. The van der Waals surface area contributed by atoms with Crippen LogP contribution in [-0.4, -0.2) is 29.1 Å². The summed E-state index contributed by atoms with van der Waals surface area (Å²) in [4.78, 5) is 0.0687. The zero-order valence-electron chi connectivity index (χ0n) is 9.11. The van der Waals surface area contributed by atoms with E-state index in [9.17, 15) is 16.8 Å². The Labute approximate surface area is 109 Å². The molecule has 0 amide bonds. The minimum atomic E-state index is -3.93. The van der Waals surface area contributed by atoms with Crippen LogP contribution >= 0.6 is 11.8 Å². The van der Waals surface area contributed by atoms with Crippen molar-refractivity contribution in [2.75, 3.05) is 7.05 Å².